The third-order valence-corrected chi connectivity index (χ3v) is 1.99. The molecule has 3 nitrogen and oxygen atoms in total. The van der Waals surface area contributed by atoms with Crippen LogP contribution < -0.4 is 5.32 Å². The summed E-state index contributed by atoms with van der Waals surface area (Å²) in [5.41, 5.74) is 1.84. The Labute approximate surface area is 85.0 Å². The molecule has 0 aliphatic heterocycles. The van der Waals surface area contributed by atoms with Gasteiger partial charge in [0, 0.05) is 12.2 Å². The summed E-state index contributed by atoms with van der Waals surface area (Å²) in [5, 5.41) is 3.23. The minimum atomic E-state index is 0.0492. The van der Waals surface area contributed by atoms with E-state index >= 15 is 0 Å². The highest BCUT2D eigenvalue weighted by molar-refractivity contribution is 5.07. The maximum Gasteiger partial charge on any atom is 0.0753 e. The number of aryl methyl sites for hydroxylation is 1. The third-order valence-electron chi connectivity index (χ3n) is 1.99. The molecule has 0 amide bonds. The molecule has 0 spiro atoms. The van der Waals surface area contributed by atoms with Crippen molar-refractivity contribution in [3.05, 3.63) is 23.8 Å². The largest absolute Gasteiger partial charge is 0.296 e. The van der Waals surface area contributed by atoms with Gasteiger partial charge in [-0.15, -0.1) is 6.42 Å². The van der Waals surface area contributed by atoms with E-state index in [0.29, 0.717) is 0 Å². The summed E-state index contributed by atoms with van der Waals surface area (Å²) >= 11 is 0. The summed E-state index contributed by atoms with van der Waals surface area (Å²) in [5.74, 6) is 2.62. The highest BCUT2D eigenvalue weighted by atomic mass is 15.0. The van der Waals surface area contributed by atoms with Crippen molar-refractivity contribution in [3.8, 4) is 12.3 Å². The first-order valence-corrected chi connectivity index (χ1v) is 4.64. The third kappa shape index (κ3) is 2.82. The zero-order chi connectivity index (χ0) is 10.6. The second-order valence-electron chi connectivity index (χ2n) is 3.36. The van der Waals surface area contributed by atoms with E-state index in [1.54, 1.807) is 12.4 Å². The zero-order valence-electron chi connectivity index (χ0n) is 8.78. The number of nitrogens with one attached hydrogen (secondary N) is 1. The fraction of sp³-hybridized carbons (Fsp3) is 0.455. The predicted molar refractivity (Wildman–Crippen MR) is 56.6 cm³/mol. The van der Waals surface area contributed by atoms with E-state index in [0.717, 1.165) is 11.4 Å². The van der Waals surface area contributed by atoms with Gasteiger partial charge in [-0.25, -0.2) is 0 Å². The van der Waals surface area contributed by atoms with Crippen molar-refractivity contribution in [2.45, 2.75) is 32.9 Å². The van der Waals surface area contributed by atoms with Crippen LogP contribution in [-0.4, -0.2) is 16.0 Å². The summed E-state index contributed by atoms with van der Waals surface area (Å²) in [4.78, 5) is 8.45. The van der Waals surface area contributed by atoms with Crippen LogP contribution in [0.3, 0.4) is 0 Å². The van der Waals surface area contributed by atoms with Crippen LogP contribution in [0.25, 0.3) is 0 Å². The van der Waals surface area contributed by atoms with E-state index in [2.05, 4.69) is 21.2 Å². The summed E-state index contributed by atoms with van der Waals surface area (Å²) in [6.45, 7) is 5.88. The van der Waals surface area contributed by atoms with Gasteiger partial charge in [-0.1, -0.05) is 5.92 Å². The van der Waals surface area contributed by atoms with Crippen LogP contribution in [-0.2, 0) is 0 Å². The van der Waals surface area contributed by atoms with Crippen molar-refractivity contribution in [2.24, 2.45) is 0 Å². The van der Waals surface area contributed by atoms with E-state index < -0.39 is 0 Å². The van der Waals surface area contributed by atoms with Gasteiger partial charge in [0.1, 0.15) is 0 Å². The Balaban J connectivity index is 2.66. The van der Waals surface area contributed by atoms with Crippen LogP contribution in [0.15, 0.2) is 12.4 Å². The highest BCUT2D eigenvalue weighted by Gasteiger charge is 2.08. The van der Waals surface area contributed by atoms with E-state index in [-0.39, 0.29) is 12.1 Å². The number of rotatable bonds is 3. The normalized spacial score (nSPS) is 14.4. The van der Waals surface area contributed by atoms with Crippen molar-refractivity contribution in [2.75, 3.05) is 0 Å². The van der Waals surface area contributed by atoms with Gasteiger partial charge in [0.15, 0.2) is 0 Å². The number of hydrogen-bond acceptors (Lipinski definition) is 3. The Morgan fingerprint density at radius 3 is 2.57 bits per heavy atom. The smallest absolute Gasteiger partial charge is 0.0753 e. The molecule has 0 bridgehead atoms. The molecule has 74 valence electrons. The summed E-state index contributed by atoms with van der Waals surface area (Å²) in [6, 6.07) is 0.183. The molecule has 0 aliphatic carbocycles. The number of terminal acetylenes is 1. The van der Waals surface area contributed by atoms with Crippen LogP contribution in [0.2, 0.25) is 0 Å². The van der Waals surface area contributed by atoms with Gasteiger partial charge in [-0.3, -0.25) is 15.3 Å². The first-order valence-electron chi connectivity index (χ1n) is 4.64. The Kier molecular flexibility index (Phi) is 3.61. The number of nitrogens with zero attached hydrogens (tertiary/aromatic N) is 2. The van der Waals surface area contributed by atoms with Gasteiger partial charge in [0.05, 0.1) is 23.6 Å². The van der Waals surface area contributed by atoms with Crippen molar-refractivity contribution in [1.82, 2.24) is 15.3 Å². The first kappa shape index (κ1) is 10.7. The van der Waals surface area contributed by atoms with Crippen LogP contribution >= 0.6 is 0 Å². The molecule has 1 N–H and O–H groups in total. The Morgan fingerprint density at radius 2 is 2.07 bits per heavy atom. The molecule has 14 heavy (non-hydrogen) atoms. The molecular formula is C11H15N3. The summed E-state index contributed by atoms with van der Waals surface area (Å²) < 4.78 is 0. The zero-order valence-corrected chi connectivity index (χ0v) is 8.78. The van der Waals surface area contributed by atoms with E-state index in [1.807, 2.05) is 20.8 Å². The van der Waals surface area contributed by atoms with Gasteiger partial charge >= 0.3 is 0 Å². The Hall–Kier alpha value is -1.40. The second-order valence-corrected chi connectivity index (χ2v) is 3.36. The lowest BCUT2D eigenvalue weighted by Gasteiger charge is -2.15. The van der Waals surface area contributed by atoms with E-state index in [4.69, 9.17) is 6.42 Å². The van der Waals surface area contributed by atoms with Crippen molar-refractivity contribution in [1.29, 1.82) is 0 Å². The lowest BCUT2D eigenvalue weighted by Crippen LogP contribution is -2.28. The lowest BCUT2D eigenvalue weighted by atomic mass is 10.2. The maximum atomic E-state index is 5.27. The fourth-order valence-electron chi connectivity index (χ4n) is 1.13. The molecule has 1 aromatic heterocycles. The molecule has 0 aromatic carbocycles. The average molecular weight is 189 g/mol. The van der Waals surface area contributed by atoms with Gasteiger partial charge in [-0.05, 0) is 20.8 Å². The van der Waals surface area contributed by atoms with Crippen LogP contribution in [0.5, 0.6) is 0 Å². The quantitative estimate of drug-likeness (QED) is 0.731. The van der Waals surface area contributed by atoms with Gasteiger partial charge in [0.2, 0.25) is 0 Å². The second kappa shape index (κ2) is 4.73. The number of hydrogen-bond donors (Lipinski definition) is 1. The minimum Gasteiger partial charge on any atom is -0.296 e. The average Bonchev–Trinajstić information content (AvgIpc) is 2.18. The van der Waals surface area contributed by atoms with Crippen molar-refractivity contribution >= 4 is 0 Å². The first-order chi connectivity index (χ1) is 6.63. The molecule has 0 fully saturated rings. The van der Waals surface area contributed by atoms with Gasteiger partial charge in [0.25, 0.3) is 0 Å². The number of aromatic nitrogens is 2. The monoisotopic (exact) mass is 189 g/mol. The molecule has 0 saturated carbocycles. The molecule has 0 saturated heterocycles. The van der Waals surface area contributed by atoms with Gasteiger partial charge < -0.3 is 0 Å². The van der Waals surface area contributed by atoms with Crippen LogP contribution in [0.4, 0.5) is 0 Å². The van der Waals surface area contributed by atoms with Gasteiger partial charge in [-0.2, -0.15) is 0 Å². The molecule has 1 rings (SSSR count). The minimum absolute atomic E-state index is 0.0492. The molecule has 2 unspecified atom stereocenters. The Bertz CT molecular complexity index is 323. The molecule has 3 heteroatoms. The summed E-state index contributed by atoms with van der Waals surface area (Å²) in [6.07, 6.45) is 8.81. The standard InChI is InChI=1S/C11H15N3/c1-5-8(2)14-10(4)11-7-12-9(3)6-13-11/h1,6-8,10,14H,2-4H3. The predicted octanol–water partition coefficient (Wildman–Crippen LogP) is 1.46. The fourth-order valence-corrected chi connectivity index (χ4v) is 1.13. The Morgan fingerprint density at radius 1 is 1.36 bits per heavy atom. The maximum absolute atomic E-state index is 5.27. The molecule has 0 aliphatic rings. The molecular weight excluding hydrogens is 174 g/mol. The molecule has 2 atom stereocenters. The lowest BCUT2D eigenvalue weighted by molar-refractivity contribution is 0.533. The molecule has 1 heterocycles. The molecule has 1 aromatic rings. The summed E-state index contributed by atoms with van der Waals surface area (Å²) in [7, 11) is 0. The van der Waals surface area contributed by atoms with E-state index in [9.17, 15) is 0 Å². The van der Waals surface area contributed by atoms with E-state index in [1.165, 1.54) is 0 Å². The van der Waals surface area contributed by atoms with Crippen molar-refractivity contribution < 1.29 is 0 Å². The van der Waals surface area contributed by atoms with Crippen LogP contribution in [0.1, 0.15) is 31.3 Å². The van der Waals surface area contributed by atoms with Crippen molar-refractivity contribution in [3.63, 3.8) is 0 Å². The SMILES string of the molecule is C#CC(C)NC(C)c1cnc(C)cn1. The molecule has 0 radical (unpaired) electrons. The topological polar surface area (TPSA) is 37.8 Å². The highest BCUT2D eigenvalue weighted by Crippen LogP contribution is 2.08. The van der Waals surface area contributed by atoms with Crippen LogP contribution in [0, 0.1) is 19.3 Å².